The molecule has 1 aliphatic rings. The molecule has 0 aromatic carbocycles. The monoisotopic (exact) mass is 358 g/mol. The molecule has 1 saturated heterocycles. The number of hydrogen-bond donors (Lipinski definition) is 1. The Morgan fingerprint density at radius 2 is 2.32 bits per heavy atom. The van der Waals surface area contributed by atoms with Crippen LogP contribution in [0.25, 0.3) is 0 Å². The van der Waals surface area contributed by atoms with Crippen LogP contribution in [-0.4, -0.2) is 39.8 Å². The number of rotatable bonds is 7. The van der Waals surface area contributed by atoms with Crippen LogP contribution in [0.3, 0.4) is 0 Å². The van der Waals surface area contributed by atoms with Gasteiger partial charge < -0.3 is 10.2 Å². The molecule has 3 rings (SSSR count). The summed E-state index contributed by atoms with van der Waals surface area (Å²) in [6.07, 6.45) is 3.72. The number of thiazole rings is 1. The number of likely N-dealkylation sites (tertiary alicyclic amines) is 1. The van der Waals surface area contributed by atoms with Crippen LogP contribution in [0.5, 0.6) is 0 Å². The number of nitrogens with one attached hydrogen (secondary N) is 1. The quantitative estimate of drug-likeness (QED) is 0.768. The summed E-state index contributed by atoms with van der Waals surface area (Å²) < 4.78 is 0. The number of carbonyl (C=O) groups excluding carboxylic acids is 2. The van der Waals surface area contributed by atoms with E-state index in [2.05, 4.69) is 15.3 Å². The second-order valence-corrected chi connectivity index (χ2v) is 7.22. The Balaban J connectivity index is 1.41. The molecule has 3 heterocycles. The van der Waals surface area contributed by atoms with Gasteiger partial charge >= 0.3 is 0 Å². The Morgan fingerprint density at radius 3 is 3.04 bits per heavy atom. The van der Waals surface area contributed by atoms with E-state index in [4.69, 9.17) is 0 Å². The first kappa shape index (κ1) is 17.5. The number of pyridine rings is 1. The summed E-state index contributed by atoms with van der Waals surface area (Å²) in [5.41, 5.74) is 1.89. The average molecular weight is 358 g/mol. The summed E-state index contributed by atoms with van der Waals surface area (Å²) in [7, 11) is 0. The van der Waals surface area contributed by atoms with Crippen LogP contribution in [0.4, 0.5) is 0 Å². The molecule has 0 saturated carbocycles. The molecule has 0 unspecified atom stereocenters. The van der Waals surface area contributed by atoms with E-state index < -0.39 is 0 Å². The lowest BCUT2D eigenvalue weighted by atomic mass is 10.1. The predicted octanol–water partition coefficient (Wildman–Crippen LogP) is 1.94. The highest BCUT2D eigenvalue weighted by Gasteiger charge is 2.34. The van der Waals surface area contributed by atoms with Crippen molar-refractivity contribution in [2.75, 3.05) is 13.1 Å². The first-order valence-electron chi connectivity index (χ1n) is 8.48. The Labute approximate surface area is 151 Å². The molecule has 0 spiro atoms. The number of nitrogens with zero attached hydrogens (tertiary/aromatic N) is 3. The third kappa shape index (κ3) is 4.85. The fourth-order valence-corrected chi connectivity index (χ4v) is 3.72. The zero-order chi connectivity index (χ0) is 17.6. The van der Waals surface area contributed by atoms with Gasteiger partial charge in [0.1, 0.15) is 0 Å². The van der Waals surface area contributed by atoms with Gasteiger partial charge in [0, 0.05) is 43.2 Å². The number of amides is 2. The maximum Gasteiger partial charge on any atom is 0.225 e. The van der Waals surface area contributed by atoms with E-state index in [1.807, 2.05) is 30.5 Å². The fourth-order valence-electron chi connectivity index (χ4n) is 2.90. The van der Waals surface area contributed by atoms with Crippen LogP contribution in [0.1, 0.15) is 29.2 Å². The Hall–Kier alpha value is -2.28. The SMILES string of the molecule is Cc1csc(CCCNC(=O)[C@H]2CC(=O)N(Cc3ccccn3)C2)n1. The minimum atomic E-state index is -0.265. The van der Waals surface area contributed by atoms with E-state index >= 15 is 0 Å². The first-order chi connectivity index (χ1) is 12.1. The lowest BCUT2D eigenvalue weighted by Crippen LogP contribution is -2.33. The van der Waals surface area contributed by atoms with Crippen LogP contribution < -0.4 is 5.32 Å². The van der Waals surface area contributed by atoms with Crippen molar-refractivity contribution in [2.24, 2.45) is 5.92 Å². The summed E-state index contributed by atoms with van der Waals surface area (Å²) in [6, 6.07) is 5.64. The lowest BCUT2D eigenvalue weighted by Gasteiger charge is -2.16. The van der Waals surface area contributed by atoms with E-state index in [0.717, 1.165) is 29.2 Å². The molecule has 1 aliphatic heterocycles. The predicted molar refractivity (Wildman–Crippen MR) is 95.9 cm³/mol. The summed E-state index contributed by atoms with van der Waals surface area (Å²) in [5.74, 6) is -0.283. The highest BCUT2D eigenvalue weighted by atomic mass is 32.1. The minimum absolute atomic E-state index is 0.0177. The molecule has 1 N–H and O–H groups in total. The number of hydrogen-bond acceptors (Lipinski definition) is 5. The molecule has 0 aliphatic carbocycles. The average Bonchev–Trinajstić information content (AvgIpc) is 3.18. The van der Waals surface area contributed by atoms with Gasteiger partial charge in [-0.15, -0.1) is 11.3 Å². The van der Waals surface area contributed by atoms with E-state index in [1.165, 1.54) is 0 Å². The lowest BCUT2D eigenvalue weighted by molar-refractivity contribution is -0.129. The Kier molecular flexibility index (Phi) is 5.75. The number of carbonyl (C=O) groups is 2. The molecule has 7 heteroatoms. The third-order valence-corrected chi connectivity index (χ3v) is 5.22. The van der Waals surface area contributed by atoms with Gasteiger partial charge in [-0.2, -0.15) is 0 Å². The van der Waals surface area contributed by atoms with Crippen molar-refractivity contribution in [1.82, 2.24) is 20.2 Å². The van der Waals surface area contributed by atoms with E-state index in [1.54, 1.807) is 22.4 Å². The normalized spacial score (nSPS) is 17.1. The minimum Gasteiger partial charge on any atom is -0.356 e. The molecular weight excluding hydrogens is 336 g/mol. The van der Waals surface area contributed by atoms with Crippen LogP contribution in [0, 0.1) is 12.8 Å². The summed E-state index contributed by atoms with van der Waals surface area (Å²) >= 11 is 1.65. The van der Waals surface area contributed by atoms with E-state index in [9.17, 15) is 9.59 Å². The standard InChI is InChI=1S/C18H22N4O2S/c1-13-12-25-16(21-13)6-4-8-20-18(24)14-9-17(23)22(10-14)11-15-5-2-3-7-19-15/h2-3,5,7,12,14H,4,6,8-11H2,1H3,(H,20,24)/t14-/m0/s1. The molecule has 0 radical (unpaired) electrons. The fraction of sp³-hybridized carbons (Fsp3) is 0.444. The molecule has 1 fully saturated rings. The summed E-state index contributed by atoms with van der Waals surface area (Å²) in [5, 5.41) is 6.09. The zero-order valence-electron chi connectivity index (χ0n) is 14.3. The van der Waals surface area contributed by atoms with Crippen LogP contribution in [0.15, 0.2) is 29.8 Å². The topological polar surface area (TPSA) is 75.2 Å². The third-order valence-electron chi connectivity index (χ3n) is 4.20. The van der Waals surface area contributed by atoms with Crippen molar-refractivity contribution >= 4 is 23.2 Å². The smallest absolute Gasteiger partial charge is 0.225 e. The Bertz CT molecular complexity index is 732. The maximum atomic E-state index is 12.3. The molecule has 0 bridgehead atoms. The van der Waals surface area contributed by atoms with Crippen molar-refractivity contribution in [2.45, 2.75) is 32.7 Å². The van der Waals surface area contributed by atoms with E-state index in [-0.39, 0.29) is 24.2 Å². The Morgan fingerprint density at radius 1 is 1.44 bits per heavy atom. The van der Waals surface area contributed by atoms with Crippen molar-refractivity contribution in [1.29, 1.82) is 0 Å². The molecule has 2 amide bonds. The van der Waals surface area contributed by atoms with Crippen LogP contribution in [0.2, 0.25) is 0 Å². The van der Waals surface area contributed by atoms with Crippen molar-refractivity contribution in [3.8, 4) is 0 Å². The molecule has 2 aromatic rings. The van der Waals surface area contributed by atoms with Gasteiger partial charge in [0.05, 0.1) is 23.2 Å². The van der Waals surface area contributed by atoms with Gasteiger partial charge in [0.25, 0.3) is 0 Å². The summed E-state index contributed by atoms with van der Waals surface area (Å²) in [6.45, 7) is 3.53. The van der Waals surface area contributed by atoms with Gasteiger partial charge in [-0.05, 0) is 25.5 Å². The second kappa shape index (κ2) is 8.20. The molecule has 25 heavy (non-hydrogen) atoms. The molecule has 2 aromatic heterocycles. The van der Waals surface area contributed by atoms with Gasteiger partial charge in [-0.3, -0.25) is 14.6 Å². The van der Waals surface area contributed by atoms with Gasteiger partial charge in [0.2, 0.25) is 11.8 Å². The maximum absolute atomic E-state index is 12.3. The molecule has 132 valence electrons. The molecular formula is C18H22N4O2S. The number of aryl methyl sites for hydroxylation is 2. The van der Waals surface area contributed by atoms with Crippen LogP contribution >= 0.6 is 11.3 Å². The summed E-state index contributed by atoms with van der Waals surface area (Å²) in [4.78, 5) is 34.8. The van der Waals surface area contributed by atoms with Crippen molar-refractivity contribution < 1.29 is 9.59 Å². The number of aromatic nitrogens is 2. The van der Waals surface area contributed by atoms with Gasteiger partial charge in [0.15, 0.2) is 0 Å². The van der Waals surface area contributed by atoms with Crippen LogP contribution in [-0.2, 0) is 22.6 Å². The highest BCUT2D eigenvalue weighted by molar-refractivity contribution is 7.09. The van der Waals surface area contributed by atoms with Gasteiger partial charge in [-0.1, -0.05) is 6.07 Å². The van der Waals surface area contributed by atoms with Crippen molar-refractivity contribution in [3.63, 3.8) is 0 Å². The van der Waals surface area contributed by atoms with Gasteiger partial charge in [-0.25, -0.2) is 4.98 Å². The first-order valence-corrected chi connectivity index (χ1v) is 9.36. The second-order valence-electron chi connectivity index (χ2n) is 6.27. The zero-order valence-corrected chi connectivity index (χ0v) is 15.1. The van der Waals surface area contributed by atoms with Crippen molar-refractivity contribution in [3.05, 3.63) is 46.2 Å². The molecule has 1 atom stereocenters. The molecule has 6 nitrogen and oxygen atoms in total. The highest BCUT2D eigenvalue weighted by Crippen LogP contribution is 2.20. The largest absolute Gasteiger partial charge is 0.356 e. The van der Waals surface area contributed by atoms with E-state index in [0.29, 0.717) is 19.6 Å².